The fourth-order valence-electron chi connectivity index (χ4n) is 1.66. The van der Waals surface area contributed by atoms with Gasteiger partial charge in [0.1, 0.15) is 18.7 Å². The molecule has 0 saturated carbocycles. The van der Waals surface area contributed by atoms with Gasteiger partial charge in [-0.05, 0) is 25.1 Å². The van der Waals surface area contributed by atoms with Crippen LogP contribution < -0.4 is 11.1 Å². The predicted octanol–water partition coefficient (Wildman–Crippen LogP) is 2.08. The SMILES string of the molecule is CC(C(=O)Nc1ccc(N)c(C(F)(F)F)c1)n1cncn1. The molecule has 1 aromatic heterocycles. The summed E-state index contributed by atoms with van der Waals surface area (Å²) < 4.78 is 39.5. The van der Waals surface area contributed by atoms with Crippen molar-refractivity contribution in [3.05, 3.63) is 36.4 Å². The van der Waals surface area contributed by atoms with E-state index in [1.54, 1.807) is 6.92 Å². The van der Waals surface area contributed by atoms with Gasteiger partial charge in [-0.2, -0.15) is 18.3 Å². The van der Waals surface area contributed by atoms with Crippen LogP contribution in [0.15, 0.2) is 30.9 Å². The number of nitrogens with one attached hydrogen (secondary N) is 1. The van der Waals surface area contributed by atoms with E-state index in [1.165, 1.54) is 23.4 Å². The molecule has 21 heavy (non-hydrogen) atoms. The summed E-state index contributed by atoms with van der Waals surface area (Å²) in [6.45, 7) is 1.55. The number of aromatic nitrogens is 3. The number of benzene rings is 1. The number of amides is 1. The van der Waals surface area contributed by atoms with Crippen LogP contribution in [0, 0.1) is 0 Å². The van der Waals surface area contributed by atoms with Gasteiger partial charge in [-0.25, -0.2) is 9.67 Å². The third kappa shape index (κ3) is 3.30. The first-order valence-corrected chi connectivity index (χ1v) is 5.90. The van der Waals surface area contributed by atoms with E-state index < -0.39 is 29.4 Å². The fourth-order valence-corrected chi connectivity index (χ4v) is 1.66. The van der Waals surface area contributed by atoms with Crippen LogP contribution in [-0.2, 0) is 11.0 Å². The highest BCUT2D eigenvalue weighted by atomic mass is 19.4. The summed E-state index contributed by atoms with van der Waals surface area (Å²) in [5.74, 6) is -0.515. The van der Waals surface area contributed by atoms with Crippen molar-refractivity contribution in [3.8, 4) is 0 Å². The van der Waals surface area contributed by atoms with E-state index >= 15 is 0 Å². The average Bonchev–Trinajstić information content (AvgIpc) is 2.92. The van der Waals surface area contributed by atoms with E-state index in [4.69, 9.17) is 5.73 Å². The van der Waals surface area contributed by atoms with Gasteiger partial charge in [0.05, 0.1) is 5.56 Å². The van der Waals surface area contributed by atoms with Crippen molar-refractivity contribution in [1.82, 2.24) is 14.8 Å². The molecule has 0 aliphatic rings. The van der Waals surface area contributed by atoms with Crippen LogP contribution in [0.25, 0.3) is 0 Å². The molecule has 1 atom stereocenters. The van der Waals surface area contributed by atoms with E-state index in [-0.39, 0.29) is 5.69 Å². The lowest BCUT2D eigenvalue weighted by Gasteiger charge is -2.15. The molecule has 1 heterocycles. The first kappa shape index (κ1) is 14.8. The predicted molar refractivity (Wildman–Crippen MR) is 69.2 cm³/mol. The van der Waals surface area contributed by atoms with Crippen LogP contribution in [-0.4, -0.2) is 20.7 Å². The van der Waals surface area contributed by atoms with Crippen LogP contribution in [0.1, 0.15) is 18.5 Å². The number of nitrogens with zero attached hydrogens (tertiary/aromatic N) is 3. The zero-order valence-electron chi connectivity index (χ0n) is 10.9. The minimum atomic E-state index is -4.58. The zero-order valence-corrected chi connectivity index (χ0v) is 10.9. The van der Waals surface area contributed by atoms with Gasteiger partial charge in [0.15, 0.2) is 0 Å². The summed E-state index contributed by atoms with van der Waals surface area (Å²) in [6, 6.07) is 2.48. The average molecular weight is 299 g/mol. The van der Waals surface area contributed by atoms with E-state index in [1.807, 2.05) is 0 Å². The van der Waals surface area contributed by atoms with Crippen molar-refractivity contribution in [1.29, 1.82) is 0 Å². The van der Waals surface area contributed by atoms with Gasteiger partial charge >= 0.3 is 6.18 Å². The number of hydrogen-bond donors (Lipinski definition) is 2. The molecule has 0 saturated heterocycles. The second kappa shape index (κ2) is 5.43. The number of carbonyl (C=O) groups excluding carboxylic acids is 1. The summed E-state index contributed by atoms with van der Waals surface area (Å²) in [5.41, 5.74) is 3.91. The quantitative estimate of drug-likeness (QED) is 0.850. The Bertz CT molecular complexity index is 639. The first-order valence-electron chi connectivity index (χ1n) is 5.90. The third-order valence-electron chi connectivity index (χ3n) is 2.84. The molecular formula is C12H12F3N5O. The molecule has 2 rings (SSSR count). The van der Waals surface area contributed by atoms with Crippen molar-refractivity contribution < 1.29 is 18.0 Å². The van der Waals surface area contributed by atoms with Crippen LogP contribution in [0.5, 0.6) is 0 Å². The highest BCUT2D eigenvalue weighted by molar-refractivity contribution is 5.93. The maximum atomic E-state index is 12.7. The second-order valence-electron chi connectivity index (χ2n) is 4.34. The van der Waals surface area contributed by atoms with Gasteiger partial charge < -0.3 is 11.1 Å². The standard InChI is InChI=1S/C12H12F3N5O/c1-7(20-6-17-5-18-20)11(21)19-8-2-3-10(16)9(4-8)12(13,14)15/h2-7H,16H2,1H3,(H,19,21). The summed E-state index contributed by atoms with van der Waals surface area (Å²) in [4.78, 5) is 15.6. The molecule has 6 nitrogen and oxygen atoms in total. The van der Waals surface area contributed by atoms with E-state index in [2.05, 4.69) is 15.4 Å². The number of halogens is 3. The number of carbonyl (C=O) groups is 1. The summed E-state index contributed by atoms with van der Waals surface area (Å²) in [5, 5.41) is 6.18. The van der Waals surface area contributed by atoms with E-state index in [0.29, 0.717) is 0 Å². The molecule has 0 aliphatic heterocycles. The van der Waals surface area contributed by atoms with Gasteiger partial charge in [0, 0.05) is 11.4 Å². The molecule has 112 valence electrons. The Labute approximate surface area is 117 Å². The van der Waals surface area contributed by atoms with Gasteiger partial charge in [-0.3, -0.25) is 4.79 Å². The Hall–Kier alpha value is -2.58. The van der Waals surface area contributed by atoms with Crippen molar-refractivity contribution in [3.63, 3.8) is 0 Å². The monoisotopic (exact) mass is 299 g/mol. The maximum Gasteiger partial charge on any atom is 0.418 e. The molecule has 0 radical (unpaired) electrons. The third-order valence-corrected chi connectivity index (χ3v) is 2.84. The summed E-state index contributed by atoms with van der Waals surface area (Å²) >= 11 is 0. The fraction of sp³-hybridized carbons (Fsp3) is 0.250. The summed E-state index contributed by atoms with van der Waals surface area (Å²) in [6.07, 6.45) is -1.98. The summed E-state index contributed by atoms with van der Waals surface area (Å²) in [7, 11) is 0. The minimum Gasteiger partial charge on any atom is -0.398 e. The highest BCUT2D eigenvalue weighted by Crippen LogP contribution is 2.35. The molecule has 2 aromatic rings. The lowest BCUT2D eigenvalue weighted by Crippen LogP contribution is -2.24. The first-order chi connectivity index (χ1) is 9.79. The normalized spacial score (nSPS) is 13.0. The van der Waals surface area contributed by atoms with Crippen molar-refractivity contribution >= 4 is 17.3 Å². The van der Waals surface area contributed by atoms with Crippen molar-refractivity contribution in [2.45, 2.75) is 19.1 Å². The number of alkyl halides is 3. The molecule has 9 heteroatoms. The number of hydrogen-bond acceptors (Lipinski definition) is 4. The van der Waals surface area contributed by atoms with Crippen molar-refractivity contribution in [2.24, 2.45) is 0 Å². The molecular weight excluding hydrogens is 287 g/mol. The topological polar surface area (TPSA) is 85.8 Å². The van der Waals surface area contributed by atoms with Gasteiger partial charge in [0.2, 0.25) is 5.91 Å². The number of nitrogen functional groups attached to an aromatic ring is 1. The van der Waals surface area contributed by atoms with Crippen LogP contribution in [0.2, 0.25) is 0 Å². The van der Waals surface area contributed by atoms with Crippen LogP contribution >= 0.6 is 0 Å². The Morgan fingerprint density at radius 3 is 2.71 bits per heavy atom. The molecule has 3 N–H and O–H groups in total. The van der Waals surface area contributed by atoms with Crippen LogP contribution in [0.4, 0.5) is 24.5 Å². The lowest BCUT2D eigenvalue weighted by atomic mass is 10.1. The Kier molecular flexibility index (Phi) is 3.83. The number of anilines is 2. The Morgan fingerprint density at radius 1 is 1.43 bits per heavy atom. The molecule has 1 amide bonds. The number of rotatable bonds is 3. The molecule has 1 aromatic carbocycles. The molecule has 0 fully saturated rings. The Balaban J connectivity index is 2.18. The number of nitrogens with two attached hydrogens (primary N) is 1. The van der Waals surface area contributed by atoms with Gasteiger partial charge in [-0.1, -0.05) is 0 Å². The lowest BCUT2D eigenvalue weighted by molar-refractivity contribution is -0.137. The van der Waals surface area contributed by atoms with E-state index in [9.17, 15) is 18.0 Å². The van der Waals surface area contributed by atoms with Crippen molar-refractivity contribution in [2.75, 3.05) is 11.1 Å². The molecule has 1 unspecified atom stereocenters. The largest absolute Gasteiger partial charge is 0.418 e. The van der Waals surface area contributed by atoms with E-state index in [0.717, 1.165) is 12.1 Å². The minimum absolute atomic E-state index is 0.00786. The highest BCUT2D eigenvalue weighted by Gasteiger charge is 2.33. The second-order valence-corrected chi connectivity index (χ2v) is 4.34. The Morgan fingerprint density at radius 2 is 2.14 bits per heavy atom. The van der Waals surface area contributed by atoms with Gasteiger partial charge in [-0.15, -0.1) is 0 Å². The zero-order chi connectivity index (χ0) is 15.6. The molecule has 0 aliphatic carbocycles. The van der Waals surface area contributed by atoms with Gasteiger partial charge in [0.25, 0.3) is 0 Å². The maximum absolute atomic E-state index is 12.7. The van der Waals surface area contributed by atoms with Crippen LogP contribution in [0.3, 0.4) is 0 Å². The molecule has 0 bridgehead atoms. The smallest absolute Gasteiger partial charge is 0.398 e. The molecule has 0 spiro atoms.